The predicted octanol–water partition coefficient (Wildman–Crippen LogP) is 1.63. The summed E-state index contributed by atoms with van der Waals surface area (Å²) in [4.78, 5) is 4.04. The number of nitrogens with one attached hydrogen (secondary N) is 1. The average Bonchev–Trinajstić information content (AvgIpc) is 2.43. The second-order valence-corrected chi connectivity index (χ2v) is 3.55. The van der Waals surface area contributed by atoms with Crippen molar-refractivity contribution in [1.82, 2.24) is 0 Å². The Morgan fingerprint density at radius 2 is 1.84 bits per heavy atom. The Bertz CT molecular complexity index is 447. The highest BCUT2D eigenvalue weighted by Crippen LogP contribution is 2.39. The van der Waals surface area contributed by atoms with Crippen molar-refractivity contribution in [3.63, 3.8) is 0 Å². The molecule has 6 heteroatoms. The van der Waals surface area contributed by atoms with Crippen LogP contribution in [0.2, 0.25) is 0 Å². The topological polar surface area (TPSA) is 78.1 Å². The number of rotatable bonds is 6. The van der Waals surface area contributed by atoms with Crippen molar-refractivity contribution in [1.29, 1.82) is 0 Å². The summed E-state index contributed by atoms with van der Waals surface area (Å²) >= 11 is 0. The van der Waals surface area contributed by atoms with Crippen LogP contribution in [0.3, 0.4) is 0 Å². The van der Waals surface area contributed by atoms with Crippen molar-refractivity contribution < 1.29 is 14.2 Å². The zero-order valence-corrected chi connectivity index (χ0v) is 11.4. The van der Waals surface area contributed by atoms with E-state index in [1.54, 1.807) is 39.5 Å². The molecule has 0 heterocycles. The van der Waals surface area contributed by atoms with E-state index in [4.69, 9.17) is 19.9 Å². The van der Waals surface area contributed by atoms with Crippen molar-refractivity contribution in [2.24, 2.45) is 10.7 Å². The molecule has 0 radical (unpaired) electrons. The highest BCUT2D eigenvalue weighted by Gasteiger charge is 2.13. The van der Waals surface area contributed by atoms with E-state index in [1.165, 1.54) is 0 Å². The minimum atomic E-state index is 0.286. The van der Waals surface area contributed by atoms with Crippen molar-refractivity contribution in [2.75, 3.05) is 33.2 Å². The van der Waals surface area contributed by atoms with Gasteiger partial charge < -0.3 is 25.3 Å². The minimum Gasteiger partial charge on any atom is -0.493 e. The molecule has 0 aliphatic rings. The van der Waals surface area contributed by atoms with Crippen molar-refractivity contribution in [3.8, 4) is 17.2 Å². The van der Waals surface area contributed by atoms with Crippen LogP contribution in [0.15, 0.2) is 29.8 Å². The van der Waals surface area contributed by atoms with Crippen LogP contribution in [0.5, 0.6) is 17.2 Å². The molecule has 0 spiro atoms. The fourth-order valence-electron chi connectivity index (χ4n) is 1.50. The summed E-state index contributed by atoms with van der Waals surface area (Å²) in [6.45, 7) is 4.02. The third-order valence-corrected chi connectivity index (χ3v) is 2.33. The Kier molecular flexibility index (Phi) is 5.53. The molecule has 1 aromatic carbocycles. The maximum atomic E-state index is 5.72. The van der Waals surface area contributed by atoms with Gasteiger partial charge in [0.1, 0.15) is 0 Å². The lowest BCUT2D eigenvalue weighted by atomic mass is 10.2. The maximum absolute atomic E-state index is 5.72. The van der Waals surface area contributed by atoms with Gasteiger partial charge in [-0.1, -0.05) is 6.08 Å². The molecule has 0 saturated heterocycles. The Balaban J connectivity index is 3.05. The normalized spacial score (nSPS) is 10.8. The van der Waals surface area contributed by atoms with Gasteiger partial charge in [-0.05, 0) is 0 Å². The number of anilines is 1. The van der Waals surface area contributed by atoms with E-state index in [0.717, 1.165) is 0 Å². The van der Waals surface area contributed by atoms with Crippen molar-refractivity contribution in [2.45, 2.75) is 0 Å². The molecule has 3 N–H and O–H groups in total. The van der Waals surface area contributed by atoms with Gasteiger partial charge in [0.25, 0.3) is 0 Å². The lowest BCUT2D eigenvalue weighted by Crippen LogP contribution is -2.22. The summed E-state index contributed by atoms with van der Waals surface area (Å²) in [7, 11) is 4.65. The molecule has 0 saturated carbocycles. The SMILES string of the molecule is C=CCN=C(N)Nc1cc(OC)c(OC)c(OC)c1. The van der Waals surface area contributed by atoms with Gasteiger partial charge in [0, 0.05) is 17.8 Å². The number of hydrogen-bond acceptors (Lipinski definition) is 4. The first kappa shape index (κ1) is 14.7. The smallest absolute Gasteiger partial charge is 0.203 e. The Morgan fingerprint density at radius 1 is 1.26 bits per heavy atom. The number of hydrogen-bond donors (Lipinski definition) is 2. The molecule has 0 fully saturated rings. The Labute approximate surface area is 112 Å². The molecule has 0 unspecified atom stereocenters. The van der Waals surface area contributed by atoms with E-state index in [1.807, 2.05) is 0 Å². The highest BCUT2D eigenvalue weighted by molar-refractivity contribution is 5.93. The maximum Gasteiger partial charge on any atom is 0.203 e. The molecule has 19 heavy (non-hydrogen) atoms. The summed E-state index contributed by atoms with van der Waals surface area (Å²) < 4.78 is 15.7. The number of nitrogens with two attached hydrogens (primary N) is 1. The van der Waals surface area contributed by atoms with Gasteiger partial charge >= 0.3 is 0 Å². The third kappa shape index (κ3) is 3.80. The van der Waals surface area contributed by atoms with Gasteiger partial charge in [0.05, 0.1) is 27.9 Å². The number of benzene rings is 1. The van der Waals surface area contributed by atoms with Gasteiger partial charge in [-0.3, -0.25) is 0 Å². The van der Waals surface area contributed by atoms with E-state index in [-0.39, 0.29) is 5.96 Å². The van der Waals surface area contributed by atoms with Gasteiger partial charge in [-0.2, -0.15) is 0 Å². The van der Waals surface area contributed by atoms with Gasteiger partial charge in [0.15, 0.2) is 17.5 Å². The van der Waals surface area contributed by atoms with Crippen LogP contribution in [0.4, 0.5) is 5.69 Å². The number of guanidine groups is 1. The largest absolute Gasteiger partial charge is 0.493 e. The fraction of sp³-hybridized carbons (Fsp3) is 0.308. The highest BCUT2D eigenvalue weighted by atomic mass is 16.5. The zero-order valence-electron chi connectivity index (χ0n) is 11.4. The molecule has 1 aromatic rings. The monoisotopic (exact) mass is 265 g/mol. The predicted molar refractivity (Wildman–Crippen MR) is 76.4 cm³/mol. The van der Waals surface area contributed by atoms with Crippen LogP contribution >= 0.6 is 0 Å². The molecular formula is C13H19N3O3. The second kappa shape index (κ2) is 7.15. The van der Waals surface area contributed by atoms with Gasteiger partial charge in [0.2, 0.25) is 5.75 Å². The standard InChI is InChI=1S/C13H19N3O3/c1-5-6-15-13(14)16-9-7-10(17-2)12(19-4)11(8-9)18-3/h5,7-8H,1,6H2,2-4H3,(H3,14,15,16). The number of ether oxygens (including phenoxy) is 3. The first-order valence-electron chi connectivity index (χ1n) is 5.64. The van der Waals surface area contributed by atoms with E-state index < -0.39 is 0 Å². The van der Waals surface area contributed by atoms with E-state index in [0.29, 0.717) is 29.5 Å². The number of nitrogens with zero attached hydrogens (tertiary/aromatic N) is 1. The van der Waals surface area contributed by atoms with Crippen LogP contribution in [0.25, 0.3) is 0 Å². The van der Waals surface area contributed by atoms with Crippen LogP contribution in [0.1, 0.15) is 0 Å². The summed E-state index contributed by atoms with van der Waals surface area (Å²) in [5.41, 5.74) is 6.42. The van der Waals surface area contributed by atoms with Crippen molar-refractivity contribution >= 4 is 11.6 Å². The molecule has 6 nitrogen and oxygen atoms in total. The molecule has 0 bridgehead atoms. The molecule has 104 valence electrons. The minimum absolute atomic E-state index is 0.286. The number of aliphatic imine (C=N–C) groups is 1. The molecular weight excluding hydrogens is 246 g/mol. The lowest BCUT2D eigenvalue weighted by Gasteiger charge is -2.14. The lowest BCUT2D eigenvalue weighted by molar-refractivity contribution is 0.324. The molecule has 0 atom stereocenters. The van der Waals surface area contributed by atoms with Crippen LogP contribution in [-0.4, -0.2) is 33.8 Å². The molecule has 0 amide bonds. The van der Waals surface area contributed by atoms with Crippen LogP contribution < -0.4 is 25.3 Å². The summed E-state index contributed by atoms with van der Waals surface area (Å²) in [5.74, 6) is 1.90. The Hall–Kier alpha value is -2.37. The second-order valence-electron chi connectivity index (χ2n) is 3.55. The van der Waals surface area contributed by atoms with Crippen LogP contribution in [-0.2, 0) is 0 Å². The first-order chi connectivity index (χ1) is 9.15. The van der Waals surface area contributed by atoms with Crippen molar-refractivity contribution in [3.05, 3.63) is 24.8 Å². The average molecular weight is 265 g/mol. The first-order valence-corrected chi connectivity index (χ1v) is 5.64. The van der Waals surface area contributed by atoms with Crippen LogP contribution in [0, 0.1) is 0 Å². The number of methoxy groups -OCH3 is 3. The van der Waals surface area contributed by atoms with Gasteiger partial charge in [-0.15, -0.1) is 6.58 Å². The fourth-order valence-corrected chi connectivity index (χ4v) is 1.50. The van der Waals surface area contributed by atoms with E-state index in [2.05, 4.69) is 16.9 Å². The Morgan fingerprint density at radius 3 is 2.26 bits per heavy atom. The molecule has 1 rings (SSSR count). The zero-order chi connectivity index (χ0) is 14.3. The third-order valence-electron chi connectivity index (χ3n) is 2.33. The summed E-state index contributed by atoms with van der Waals surface area (Å²) in [6, 6.07) is 3.50. The summed E-state index contributed by atoms with van der Waals surface area (Å²) in [6.07, 6.45) is 1.66. The van der Waals surface area contributed by atoms with E-state index >= 15 is 0 Å². The van der Waals surface area contributed by atoms with Gasteiger partial charge in [-0.25, -0.2) is 4.99 Å². The summed E-state index contributed by atoms with van der Waals surface area (Å²) in [5, 5.41) is 2.94. The molecule has 0 aliphatic heterocycles. The van der Waals surface area contributed by atoms with E-state index in [9.17, 15) is 0 Å². The molecule has 0 aromatic heterocycles. The quantitative estimate of drug-likeness (QED) is 0.464. The molecule has 0 aliphatic carbocycles.